The molecule has 0 radical (unpaired) electrons. The third-order valence-electron chi connectivity index (χ3n) is 4.07. The number of ether oxygens (including phenoxy) is 1. The van der Waals surface area contributed by atoms with E-state index in [4.69, 9.17) is 4.74 Å². The summed E-state index contributed by atoms with van der Waals surface area (Å²) in [7, 11) is 1.62. The van der Waals surface area contributed by atoms with Gasteiger partial charge in [0.05, 0.1) is 12.7 Å². The minimum Gasteiger partial charge on any atom is -0.497 e. The molecule has 2 aromatic carbocycles. The fourth-order valence-corrected chi connectivity index (χ4v) is 2.45. The lowest BCUT2D eigenvalue weighted by molar-refractivity contribution is 0.101. The second kappa shape index (κ2) is 8.77. The number of anilines is 2. The van der Waals surface area contributed by atoms with Gasteiger partial charge in [-0.15, -0.1) is 0 Å². The zero-order chi connectivity index (χ0) is 19.9. The van der Waals surface area contributed by atoms with E-state index in [-0.39, 0.29) is 11.7 Å². The molecular formula is C21H20N4O3. The third kappa shape index (κ3) is 4.91. The van der Waals surface area contributed by atoms with E-state index in [0.717, 1.165) is 11.3 Å². The number of ketones is 1. The van der Waals surface area contributed by atoms with Crippen molar-refractivity contribution < 1.29 is 14.3 Å². The summed E-state index contributed by atoms with van der Waals surface area (Å²) in [5, 5.41) is 5.85. The molecule has 0 bridgehead atoms. The predicted octanol–water partition coefficient (Wildman–Crippen LogP) is 3.55. The van der Waals surface area contributed by atoms with Crippen molar-refractivity contribution in [2.75, 3.05) is 17.7 Å². The van der Waals surface area contributed by atoms with E-state index in [9.17, 15) is 9.59 Å². The summed E-state index contributed by atoms with van der Waals surface area (Å²) in [4.78, 5) is 31.9. The average molecular weight is 376 g/mol. The van der Waals surface area contributed by atoms with Gasteiger partial charge in [0.25, 0.3) is 5.91 Å². The van der Waals surface area contributed by atoms with Crippen LogP contribution in [0.25, 0.3) is 0 Å². The highest BCUT2D eigenvalue weighted by Crippen LogP contribution is 2.13. The average Bonchev–Trinajstić information content (AvgIpc) is 2.73. The Bertz CT molecular complexity index is 952. The number of methoxy groups -OCH3 is 1. The number of rotatable bonds is 7. The maximum Gasteiger partial charge on any atom is 0.258 e. The lowest BCUT2D eigenvalue weighted by Gasteiger charge is -2.08. The molecule has 0 fully saturated rings. The molecule has 28 heavy (non-hydrogen) atoms. The number of Topliss-reactive ketones (excluding diaryl/α,β-unsaturated/α-hetero) is 1. The molecule has 0 atom stereocenters. The standard InChI is InChI=1S/C21H20N4O3/c1-14(26)16-5-7-18(8-6-16)25-20(27)17-12-23-21(24-13-17)22-11-15-3-9-19(28-2)10-4-15/h3-10,12-13H,11H2,1-2H3,(H,25,27)(H,22,23,24). The van der Waals surface area contributed by atoms with Crippen LogP contribution in [0.2, 0.25) is 0 Å². The molecule has 0 saturated carbocycles. The van der Waals surface area contributed by atoms with Gasteiger partial charge in [0.2, 0.25) is 5.95 Å². The van der Waals surface area contributed by atoms with Crippen LogP contribution in [0.5, 0.6) is 5.75 Å². The second-order valence-corrected chi connectivity index (χ2v) is 6.08. The highest BCUT2D eigenvalue weighted by atomic mass is 16.5. The van der Waals surface area contributed by atoms with Crippen LogP contribution in [0.1, 0.15) is 33.2 Å². The first kappa shape index (κ1) is 19.0. The van der Waals surface area contributed by atoms with E-state index < -0.39 is 0 Å². The molecule has 1 heterocycles. The van der Waals surface area contributed by atoms with Crippen molar-refractivity contribution in [3.05, 3.63) is 77.6 Å². The number of hydrogen-bond donors (Lipinski definition) is 2. The molecule has 0 aliphatic heterocycles. The first-order valence-electron chi connectivity index (χ1n) is 8.66. The van der Waals surface area contributed by atoms with Gasteiger partial charge >= 0.3 is 0 Å². The predicted molar refractivity (Wildman–Crippen MR) is 107 cm³/mol. The lowest BCUT2D eigenvalue weighted by Crippen LogP contribution is -2.13. The van der Waals surface area contributed by atoms with Gasteiger partial charge < -0.3 is 15.4 Å². The van der Waals surface area contributed by atoms with Gasteiger partial charge in [-0.1, -0.05) is 12.1 Å². The number of nitrogens with zero attached hydrogens (tertiary/aromatic N) is 2. The largest absolute Gasteiger partial charge is 0.497 e. The van der Waals surface area contributed by atoms with Crippen molar-refractivity contribution in [1.82, 2.24) is 9.97 Å². The van der Waals surface area contributed by atoms with E-state index in [2.05, 4.69) is 20.6 Å². The third-order valence-corrected chi connectivity index (χ3v) is 4.07. The number of amides is 1. The summed E-state index contributed by atoms with van der Waals surface area (Å²) in [6.07, 6.45) is 2.92. The van der Waals surface area contributed by atoms with Gasteiger partial charge in [-0.2, -0.15) is 0 Å². The summed E-state index contributed by atoms with van der Waals surface area (Å²) in [6.45, 7) is 2.05. The van der Waals surface area contributed by atoms with Gasteiger partial charge in [-0.25, -0.2) is 9.97 Å². The first-order chi connectivity index (χ1) is 13.5. The molecule has 7 nitrogen and oxygen atoms in total. The summed E-state index contributed by atoms with van der Waals surface area (Å²) in [5.74, 6) is 0.880. The van der Waals surface area contributed by atoms with Gasteiger partial charge in [-0.05, 0) is 48.9 Å². The first-order valence-corrected chi connectivity index (χ1v) is 8.66. The summed E-state index contributed by atoms with van der Waals surface area (Å²) in [6, 6.07) is 14.4. The Kier molecular flexibility index (Phi) is 5.96. The smallest absolute Gasteiger partial charge is 0.258 e. The van der Waals surface area contributed by atoms with Crippen LogP contribution in [-0.2, 0) is 6.54 Å². The normalized spacial score (nSPS) is 10.2. The Morgan fingerprint density at radius 3 is 2.14 bits per heavy atom. The van der Waals surface area contributed by atoms with Crippen LogP contribution in [0.3, 0.4) is 0 Å². The van der Waals surface area contributed by atoms with E-state index in [0.29, 0.717) is 29.3 Å². The van der Waals surface area contributed by atoms with Crippen LogP contribution in [-0.4, -0.2) is 28.8 Å². The fraction of sp³-hybridized carbons (Fsp3) is 0.143. The molecule has 3 aromatic rings. The lowest BCUT2D eigenvalue weighted by atomic mass is 10.1. The molecule has 1 aromatic heterocycles. The molecule has 142 valence electrons. The Morgan fingerprint density at radius 2 is 1.57 bits per heavy atom. The minimum atomic E-state index is -0.322. The molecule has 0 aliphatic carbocycles. The molecule has 1 amide bonds. The van der Waals surface area contributed by atoms with Gasteiger partial charge in [-0.3, -0.25) is 9.59 Å². The molecule has 0 saturated heterocycles. The Balaban J connectivity index is 1.56. The van der Waals surface area contributed by atoms with E-state index in [1.165, 1.54) is 19.3 Å². The van der Waals surface area contributed by atoms with Crippen molar-refractivity contribution in [1.29, 1.82) is 0 Å². The van der Waals surface area contributed by atoms with Crippen molar-refractivity contribution >= 4 is 23.3 Å². The van der Waals surface area contributed by atoms with Crippen LogP contribution in [0.4, 0.5) is 11.6 Å². The minimum absolute atomic E-state index is 0.0241. The molecule has 0 aliphatic rings. The molecule has 7 heteroatoms. The number of carbonyl (C=O) groups excluding carboxylic acids is 2. The quantitative estimate of drug-likeness (QED) is 0.613. The summed E-state index contributed by atoms with van der Waals surface area (Å²) in [5.41, 5.74) is 2.58. The maximum absolute atomic E-state index is 12.3. The molecule has 0 spiro atoms. The Labute approximate surface area is 162 Å². The van der Waals surface area contributed by atoms with Crippen molar-refractivity contribution in [2.24, 2.45) is 0 Å². The highest BCUT2D eigenvalue weighted by Gasteiger charge is 2.08. The number of aromatic nitrogens is 2. The number of carbonyl (C=O) groups is 2. The van der Waals surface area contributed by atoms with Crippen LogP contribution in [0, 0.1) is 0 Å². The highest BCUT2D eigenvalue weighted by molar-refractivity contribution is 6.04. The van der Waals surface area contributed by atoms with Crippen molar-refractivity contribution in [3.63, 3.8) is 0 Å². The van der Waals surface area contributed by atoms with E-state index in [1.807, 2.05) is 24.3 Å². The zero-order valence-electron chi connectivity index (χ0n) is 15.6. The van der Waals surface area contributed by atoms with Gasteiger partial charge in [0, 0.05) is 30.2 Å². The van der Waals surface area contributed by atoms with Gasteiger partial charge in [0.1, 0.15) is 5.75 Å². The van der Waals surface area contributed by atoms with Crippen LogP contribution >= 0.6 is 0 Å². The van der Waals surface area contributed by atoms with Crippen molar-refractivity contribution in [2.45, 2.75) is 13.5 Å². The van der Waals surface area contributed by atoms with E-state index in [1.54, 1.807) is 31.4 Å². The fourth-order valence-electron chi connectivity index (χ4n) is 2.45. The Morgan fingerprint density at radius 1 is 0.929 bits per heavy atom. The molecular weight excluding hydrogens is 356 g/mol. The van der Waals surface area contributed by atoms with Crippen LogP contribution in [0.15, 0.2) is 60.9 Å². The number of hydrogen-bond acceptors (Lipinski definition) is 6. The van der Waals surface area contributed by atoms with E-state index >= 15 is 0 Å². The maximum atomic E-state index is 12.3. The van der Waals surface area contributed by atoms with Gasteiger partial charge in [0.15, 0.2) is 5.78 Å². The Hall–Kier alpha value is -3.74. The van der Waals surface area contributed by atoms with Crippen molar-refractivity contribution in [3.8, 4) is 5.75 Å². The molecule has 2 N–H and O–H groups in total. The topological polar surface area (TPSA) is 93.2 Å². The second-order valence-electron chi connectivity index (χ2n) is 6.08. The summed E-state index contributed by atoms with van der Waals surface area (Å²) < 4.78 is 5.13. The molecule has 3 rings (SSSR count). The SMILES string of the molecule is COc1ccc(CNc2ncc(C(=O)Nc3ccc(C(C)=O)cc3)cn2)cc1. The number of nitrogens with one attached hydrogen (secondary N) is 2. The number of benzene rings is 2. The van der Waals surface area contributed by atoms with Crippen LogP contribution < -0.4 is 15.4 Å². The monoisotopic (exact) mass is 376 g/mol. The zero-order valence-corrected chi connectivity index (χ0v) is 15.6. The molecule has 0 unspecified atom stereocenters. The summed E-state index contributed by atoms with van der Waals surface area (Å²) >= 11 is 0.